The Morgan fingerprint density at radius 2 is 1.39 bits per heavy atom. The maximum atomic E-state index is 12.7. The fourth-order valence-corrected chi connectivity index (χ4v) is 3.72. The average Bonchev–Trinajstić information content (AvgIpc) is 2.84. The molecule has 0 saturated carbocycles. The van der Waals surface area contributed by atoms with E-state index < -0.39 is 11.8 Å². The summed E-state index contributed by atoms with van der Waals surface area (Å²) in [5, 5.41) is 12.4. The van der Waals surface area contributed by atoms with Crippen molar-refractivity contribution in [3.63, 3.8) is 0 Å². The van der Waals surface area contributed by atoms with Gasteiger partial charge >= 0.3 is 5.97 Å². The number of benzene rings is 3. The Balaban J connectivity index is 1.68. The smallest absolute Gasteiger partial charge is 0.318 e. The van der Waals surface area contributed by atoms with Gasteiger partial charge in [0.15, 0.2) is 5.78 Å². The zero-order chi connectivity index (χ0) is 23.6. The van der Waals surface area contributed by atoms with E-state index in [4.69, 9.17) is 5.26 Å². The van der Waals surface area contributed by atoms with Crippen LogP contribution < -0.4 is 0 Å². The molecule has 0 atom stereocenters. The molecule has 0 aromatic heterocycles. The van der Waals surface area contributed by atoms with E-state index in [9.17, 15) is 14.4 Å². The molecule has 0 saturated heterocycles. The topological polar surface area (TPSA) is 96.6 Å². The maximum Gasteiger partial charge on any atom is 0.331 e. The number of hydrogen-bond acceptors (Lipinski definition) is 7. The van der Waals surface area contributed by atoms with E-state index in [2.05, 4.69) is 9.99 Å². The van der Waals surface area contributed by atoms with Gasteiger partial charge in [-0.15, -0.1) is 0 Å². The first kappa shape index (κ1) is 23.6. The minimum absolute atomic E-state index is 0.0193. The van der Waals surface area contributed by atoms with Crippen LogP contribution in [0.15, 0.2) is 93.8 Å². The molecule has 0 aliphatic heterocycles. The van der Waals surface area contributed by atoms with Gasteiger partial charge in [0.05, 0.1) is 6.07 Å². The van der Waals surface area contributed by atoms with Crippen molar-refractivity contribution in [2.45, 2.75) is 29.6 Å². The molecule has 0 fully saturated rings. The van der Waals surface area contributed by atoms with E-state index >= 15 is 0 Å². The molecule has 0 aliphatic carbocycles. The Kier molecular flexibility index (Phi) is 8.28. The van der Waals surface area contributed by atoms with Crippen molar-refractivity contribution in [2.75, 3.05) is 0 Å². The molecule has 3 rings (SSSR count). The lowest BCUT2D eigenvalue weighted by molar-refractivity contribution is -0.140. The van der Waals surface area contributed by atoms with Crippen LogP contribution in [0.5, 0.6) is 0 Å². The lowest BCUT2D eigenvalue weighted by Crippen LogP contribution is -2.15. The van der Waals surface area contributed by atoms with Crippen molar-refractivity contribution in [3.8, 4) is 6.07 Å². The summed E-state index contributed by atoms with van der Waals surface area (Å²) in [7, 11) is 0. The third kappa shape index (κ3) is 6.73. The molecule has 0 N–H and O–H groups in total. The fourth-order valence-electron chi connectivity index (χ4n) is 2.90. The van der Waals surface area contributed by atoms with Crippen LogP contribution >= 0.6 is 11.8 Å². The number of ketones is 2. The van der Waals surface area contributed by atoms with Gasteiger partial charge in [0.2, 0.25) is 5.78 Å². The van der Waals surface area contributed by atoms with Crippen LogP contribution in [-0.2, 0) is 9.63 Å². The SMILES string of the molecule is CC(=O)O/N=C(\CCC#N)C(=O)c1ccc(Sc2ccc(C(=O)c3ccccc3)cc2)cc1. The minimum atomic E-state index is -0.638. The summed E-state index contributed by atoms with van der Waals surface area (Å²) in [6.45, 7) is 1.19. The van der Waals surface area contributed by atoms with Crippen LogP contribution in [0.25, 0.3) is 0 Å². The molecule has 0 unspecified atom stereocenters. The summed E-state index contributed by atoms with van der Waals surface area (Å²) in [4.78, 5) is 42.7. The van der Waals surface area contributed by atoms with Gasteiger partial charge < -0.3 is 4.84 Å². The largest absolute Gasteiger partial charge is 0.331 e. The van der Waals surface area contributed by atoms with Crippen LogP contribution in [0.1, 0.15) is 46.0 Å². The molecule has 3 aromatic rings. The summed E-state index contributed by atoms with van der Waals surface area (Å²) < 4.78 is 0. The quantitative estimate of drug-likeness (QED) is 0.183. The normalized spacial score (nSPS) is 10.8. The highest BCUT2D eigenvalue weighted by Gasteiger charge is 2.16. The lowest BCUT2D eigenvalue weighted by atomic mass is 10.0. The van der Waals surface area contributed by atoms with E-state index in [0.29, 0.717) is 16.7 Å². The van der Waals surface area contributed by atoms with Crippen LogP contribution in [-0.4, -0.2) is 23.2 Å². The number of nitrogens with zero attached hydrogens (tertiary/aromatic N) is 2. The van der Waals surface area contributed by atoms with Crippen molar-refractivity contribution in [2.24, 2.45) is 5.16 Å². The average molecular weight is 457 g/mol. The van der Waals surface area contributed by atoms with Gasteiger partial charge in [-0.25, -0.2) is 4.79 Å². The first-order valence-electron chi connectivity index (χ1n) is 10.1. The van der Waals surface area contributed by atoms with E-state index in [0.717, 1.165) is 9.79 Å². The Bertz CT molecular complexity index is 1210. The van der Waals surface area contributed by atoms with Crippen LogP contribution in [0.2, 0.25) is 0 Å². The number of carbonyl (C=O) groups is 3. The first-order valence-corrected chi connectivity index (χ1v) is 10.9. The molecule has 0 aliphatic rings. The second-order valence-electron chi connectivity index (χ2n) is 6.95. The van der Waals surface area contributed by atoms with E-state index in [1.807, 2.05) is 36.4 Å². The lowest BCUT2D eigenvalue weighted by Gasteiger charge is -2.06. The van der Waals surface area contributed by atoms with Crippen molar-refractivity contribution in [1.82, 2.24) is 0 Å². The molecule has 6 nitrogen and oxygen atoms in total. The highest BCUT2D eigenvalue weighted by Crippen LogP contribution is 2.28. The van der Waals surface area contributed by atoms with Crippen molar-refractivity contribution >= 4 is 35.0 Å². The predicted octanol–water partition coefficient (Wildman–Crippen LogP) is 5.47. The van der Waals surface area contributed by atoms with Crippen molar-refractivity contribution < 1.29 is 19.2 Å². The Morgan fingerprint density at radius 3 is 1.94 bits per heavy atom. The third-order valence-electron chi connectivity index (χ3n) is 4.52. The third-order valence-corrected chi connectivity index (χ3v) is 5.54. The summed E-state index contributed by atoms with van der Waals surface area (Å²) in [5.74, 6) is -1.06. The summed E-state index contributed by atoms with van der Waals surface area (Å²) in [5.41, 5.74) is 1.66. The highest BCUT2D eigenvalue weighted by molar-refractivity contribution is 7.99. The van der Waals surface area contributed by atoms with Crippen molar-refractivity contribution in [3.05, 3.63) is 95.6 Å². The molecule has 0 bridgehead atoms. The summed E-state index contributed by atoms with van der Waals surface area (Å²) in [6.07, 6.45) is 0.176. The molecule has 164 valence electrons. The van der Waals surface area contributed by atoms with Gasteiger partial charge in [-0.2, -0.15) is 5.26 Å². The van der Waals surface area contributed by atoms with Crippen LogP contribution in [0.4, 0.5) is 0 Å². The minimum Gasteiger partial charge on any atom is -0.318 e. The van der Waals surface area contributed by atoms with Gasteiger partial charge in [-0.05, 0) is 48.5 Å². The zero-order valence-electron chi connectivity index (χ0n) is 17.9. The highest BCUT2D eigenvalue weighted by atomic mass is 32.2. The Labute approximate surface area is 195 Å². The molecule has 33 heavy (non-hydrogen) atoms. The maximum absolute atomic E-state index is 12.7. The first-order chi connectivity index (χ1) is 16.0. The monoisotopic (exact) mass is 456 g/mol. The summed E-state index contributed by atoms with van der Waals surface area (Å²) >= 11 is 1.50. The van der Waals surface area contributed by atoms with E-state index in [1.54, 1.807) is 48.5 Å². The number of hydrogen-bond donors (Lipinski definition) is 0. The van der Waals surface area contributed by atoms with Crippen molar-refractivity contribution in [1.29, 1.82) is 5.26 Å². The molecule has 0 radical (unpaired) electrons. The van der Waals surface area contributed by atoms with E-state index in [-0.39, 0.29) is 24.3 Å². The number of carbonyl (C=O) groups excluding carboxylic acids is 3. The van der Waals surface area contributed by atoms with Gasteiger partial charge in [-0.1, -0.05) is 47.2 Å². The second kappa shape index (κ2) is 11.6. The fraction of sp³-hybridized carbons (Fsp3) is 0.115. The Morgan fingerprint density at radius 1 is 0.848 bits per heavy atom. The van der Waals surface area contributed by atoms with E-state index in [1.165, 1.54) is 18.7 Å². The predicted molar refractivity (Wildman–Crippen MR) is 125 cm³/mol. The van der Waals surface area contributed by atoms with Crippen LogP contribution in [0, 0.1) is 11.3 Å². The Hall–Kier alpha value is -4.02. The number of nitriles is 1. The zero-order valence-corrected chi connectivity index (χ0v) is 18.7. The molecular formula is C26H20N2O4S. The summed E-state index contributed by atoms with van der Waals surface area (Å²) in [6, 6.07) is 25.3. The molecule has 0 spiro atoms. The van der Waals surface area contributed by atoms with Gasteiger partial charge in [0.1, 0.15) is 5.71 Å². The molecule has 7 heteroatoms. The molecule has 3 aromatic carbocycles. The number of Topliss-reactive ketones (excluding diaryl/α,β-unsaturated/α-hetero) is 1. The molecule has 0 heterocycles. The molecular weight excluding hydrogens is 436 g/mol. The standard InChI is InChI=1S/C26H20N2O4S/c1-18(29)32-28-24(8-5-17-27)26(31)21-11-15-23(16-12-21)33-22-13-9-20(10-14-22)25(30)19-6-3-2-4-7-19/h2-4,6-7,9-16H,5,8H2,1H3/b28-24+. The van der Waals surface area contributed by atoms with Crippen LogP contribution in [0.3, 0.4) is 0 Å². The van der Waals surface area contributed by atoms with Gasteiger partial charge in [0.25, 0.3) is 0 Å². The van der Waals surface area contributed by atoms with Gasteiger partial charge in [0, 0.05) is 46.2 Å². The number of rotatable bonds is 9. The second-order valence-corrected chi connectivity index (χ2v) is 8.10. The molecule has 0 amide bonds. The number of oxime groups is 1. The van der Waals surface area contributed by atoms with Gasteiger partial charge in [-0.3, -0.25) is 9.59 Å².